The van der Waals surface area contributed by atoms with E-state index >= 15 is 0 Å². The highest BCUT2D eigenvalue weighted by atomic mass is 16.5. The summed E-state index contributed by atoms with van der Waals surface area (Å²) in [6.45, 7) is 4.13. The van der Waals surface area contributed by atoms with E-state index in [-0.39, 0.29) is 6.09 Å². The maximum atomic E-state index is 11.5. The van der Waals surface area contributed by atoms with Crippen molar-refractivity contribution in [3.8, 4) is 0 Å². The average Bonchev–Trinajstić information content (AvgIpc) is 2.49. The summed E-state index contributed by atoms with van der Waals surface area (Å²) in [7, 11) is 1.36. The van der Waals surface area contributed by atoms with Crippen molar-refractivity contribution in [2.75, 3.05) is 33.3 Å². The number of carbonyl (C=O) groups is 3. The quantitative estimate of drug-likeness (QED) is 0.718. The number of piperidine rings is 1. The molecule has 2 N–H and O–H groups in total. The van der Waals surface area contributed by atoms with Crippen LogP contribution in [0.2, 0.25) is 0 Å². The lowest BCUT2D eigenvalue weighted by Gasteiger charge is -2.30. The van der Waals surface area contributed by atoms with Gasteiger partial charge in [0.05, 0.1) is 7.11 Å². The van der Waals surface area contributed by atoms with Crippen LogP contribution in [0.5, 0.6) is 0 Å². The van der Waals surface area contributed by atoms with Crippen molar-refractivity contribution >= 4 is 17.9 Å². The Morgan fingerprint density at radius 1 is 1.15 bits per heavy atom. The minimum absolute atomic E-state index is 0.291. The average molecular weight is 285 g/mol. The summed E-state index contributed by atoms with van der Waals surface area (Å²) >= 11 is 0. The van der Waals surface area contributed by atoms with E-state index < -0.39 is 11.8 Å². The van der Waals surface area contributed by atoms with Gasteiger partial charge in [0.15, 0.2) is 0 Å². The van der Waals surface area contributed by atoms with E-state index in [1.54, 1.807) is 4.90 Å². The van der Waals surface area contributed by atoms with Crippen LogP contribution >= 0.6 is 0 Å². The molecular weight excluding hydrogens is 262 g/mol. The van der Waals surface area contributed by atoms with E-state index in [1.165, 1.54) is 7.11 Å². The molecule has 0 aromatic heterocycles. The Labute approximate surface area is 119 Å². The third-order valence-electron chi connectivity index (χ3n) is 3.34. The third-order valence-corrected chi connectivity index (χ3v) is 3.34. The number of hydrogen-bond donors (Lipinski definition) is 2. The molecule has 0 aromatic rings. The van der Waals surface area contributed by atoms with E-state index in [0.717, 1.165) is 19.3 Å². The summed E-state index contributed by atoms with van der Waals surface area (Å²) in [5.74, 6) is -0.883. The standard InChI is InChI=1S/C13H23N3O4/c1-3-6-14-11(17)12(18)15-9-10-4-7-16(8-5-10)13(19)20-2/h10H,3-9H2,1-2H3,(H,14,17)(H,15,18). The Morgan fingerprint density at radius 3 is 2.30 bits per heavy atom. The third kappa shape index (κ3) is 5.07. The fourth-order valence-electron chi connectivity index (χ4n) is 2.08. The van der Waals surface area contributed by atoms with Gasteiger partial charge in [-0.1, -0.05) is 6.92 Å². The van der Waals surface area contributed by atoms with Crippen LogP contribution in [0.1, 0.15) is 26.2 Å². The van der Waals surface area contributed by atoms with E-state index in [1.807, 2.05) is 6.92 Å². The van der Waals surface area contributed by atoms with Crippen LogP contribution < -0.4 is 10.6 Å². The molecule has 0 radical (unpaired) electrons. The molecule has 0 saturated carbocycles. The van der Waals surface area contributed by atoms with Gasteiger partial charge in [0.1, 0.15) is 0 Å². The molecule has 0 unspecified atom stereocenters. The summed E-state index contributed by atoms with van der Waals surface area (Å²) < 4.78 is 4.66. The summed E-state index contributed by atoms with van der Waals surface area (Å²) in [6, 6.07) is 0. The van der Waals surface area contributed by atoms with Crippen LogP contribution in [0.15, 0.2) is 0 Å². The second-order valence-corrected chi connectivity index (χ2v) is 4.87. The molecule has 0 spiro atoms. The number of amides is 3. The van der Waals surface area contributed by atoms with Gasteiger partial charge in [0.2, 0.25) is 0 Å². The van der Waals surface area contributed by atoms with Crippen LogP contribution in [0.4, 0.5) is 4.79 Å². The number of nitrogens with one attached hydrogen (secondary N) is 2. The summed E-state index contributed by atoms with van der Waals surface area (Å²) in [5, 5.41) is 5.16. The summed E-state index contributed by atoms with van der Waals surface area (Å²) in [5.41, 5.74) is 0. The Hall–Kier alpha value is -1.79. The Bertz CT molecular complexity index is 352. The topological polar surface area (TPSA) is 87.7 Å². The molecular formula is C13H23N3O4. The second-order valence-electron chi connectivity index (χ2n) is 4.87. The van der Waals surface area contributed by atoms with Gasteiger partial charge in [-0.05, 0) is 25.2 Å². The van der Waals surface area contributed by atoms with Crippen LogP contribution in [0.25, 0.3) is 0 Å². The Morgan fingerprint density at radius 2 is 1.75 bits per heavy atom. The van der Waals surface area contributed by atoms with Crippen molar-refractivity contribution in [3.63, 3.8) is 0 Å². The first kappa shape index (κ1) is 16.3. The first-order valence-corrected chi connectivity index (χ1v) is 6.97. The highest BCUT2D eigenvalue weighted by Crippen LogP contribution is 2.16. The van der Waals surface area contributed by atoms with Crippen LogP contribution in [-0.4, -0.2) is 56.1 Å². The minimum Gasteiger partial charge on any atom is -0.453 e. The zero-order valence-corrected chi connectivity index (χ0v) is 12.1. The van der Waals surface area contributed by atoms with Crippen molar-refractivity contribution < 1.29 is 19.1 Å². The van der Waals surface area contributed by atoms with E-state index in [0.29, 0.717) is 32.1 Å². The maximum Gasteiger partial charge on any atom is 0.409 e. The van der Waals surface area contributed by atoms with Crippen molar-refractivity contribution in [3.05, 3.63) is 0 Å². The van der Waals surface area contributed by atoms with Gasteiger partial charge in [0, 0.05) is 26.2 Å². The first-order chi connectivity index (χ1) is 9.58. The van der Waals surface area contributed by atoms with Gasteiger partial charge in [-0.3, -0.25) is 9.59 Å². The van der Waals surface area contributed by atoms with Crippen molar-refractivity contribution in [1.29, 1.82) is 0 Å². The van der Waals surface area contributed by atoms with Gasteiger partial charge in [-0.15, -0.1) is 0 Å². The largest absolute Gasteiger partial charge is 0.453 e. The number of carbonyl (C=O) groups excluding carboxylic acids is 3. The van der Waals surface area contributed by atoms with Crippen LogP contribution in [-0.2, 0) is 14.3 Å². The normalized spacial score (nSPS) is 15.6. The zero-order chi connectivity index (χ0) is 15.0. The number of likely N-dealkylation sites (tertiary alicyclic amines) is 1. The Kier molecular flexibility index (Phi) is 6.83. The molecule has 0 atom stereocenters. The SMILES string of the molecule is CCCNC(=O)C(=O)NCC1CCN(C(=O)OC)CC1. The highest BCUT2D eigenvalue weighted by Gasteiger charge is 2.24. The van der Waals surface area contributed by atoms with E-state index in [9.17, 15) is 14.4 Å². The summed E-state index contributed by atoms with van der Waals surface area (Å²) in [6.07, 6.45) is 2.08. The molecule has 1 aliphatic rings. The lowest BCUT2D eigenvalue weighted by atomic mass is 9.97. The number of methoxy groups -OCH3 is 1. The lowest BCUT2D eigenvalue weighted by molar-refractivity contribution is -0.139. The summed E-state index contributed by atoms with van der Waals surface area (Å²) in [4.78, 5) is 35.8. The molecule has 0 bridgehead atoms. The van der Waals surface area contributed by atoms with Gasteiger partial charge >= 0.3 is 17.9 Å². The lowest BCUT2D eigenvalue weighted by Crippen LogP contribution is -2.44. The van der Waals surface area contributed by atoms with Gasteiger partial charge < -0.3 is 20.3 Å². The molecule has 1 saturated heterocycles. The molecule has 1 aliphatic heterocycles. The van der Waals surface area contributed by atoms with E-state index in [4.69, 9.17) is 0 Å². The van der Waals surface area contributed by atoms with Crippen LogP contribution in [0, 0.1) is 5.92 Å². The van der Waals surface area contributed by atoms with Crippen LogP contribution in [0.3, 0.4) is 0 Å². The molecule has 0 aromatic carbocycles. The smallest absolute Gasteiger partial charge is 0.409 e. The molecule has 20 heavy (non-hydrogen) atoms. The molecule has 7 heteroatoms. The van der Waals surface area contributed by atoms with Gasteiger partial charge in [-0.25, -0.2) is 4.79 Å². The number of nitrogens with zero attached hydrogens (tertiary/aromatic N) is 1. The minimum atomic E-state index is -0.589. The maximum absolute atomic E-state index is 11.5. The fraction of sp³-hybridized carbons (Fsp3) is 0.769. The number of hydrogen-bond acceptors (Lipinski definition) is 4. The van der Waals surface area contributed by atoms with Crippen molar-refractivity contribution in [2.45, 2.75) is 26.2 Å². The predicted molar refractivity (Wildman–Crippen MR) is 73.0 cm³/mol. The second kappa shape index (κ2) is 8.39. The number of ether oxygens (including phenoxy) is 1. The predicted octanol–water partition coefficient (Wildman–Crippen LogP) is 0.107. The molecule has 7 nitrogen and oxygen atoms in total. The van der Waals surface area contributed by atoms with Crippen molar-refractivity contribution in [1.82, 2.24) is 15.5 Å². The van der Waals surface area contributed by atoms with Gasteiger partial charge in [0.25, 0.3) is 0 Å². The van der Waals surface area contributed by atoms with E-state index in [2.05, 4.69) is 15.4 Å². The molecule has 1 rings (SSSR count). The zero-order valence-electron chi connectivity index (χ0n) is 12.1. The molecule has 1 heterocycles. The first-order valence-electron chi connectivity index (χ1n) is 6.97. The highest BCUT2D eigenvalue weighted by molar-refractivity contribution is 6.35. The molecule has 1 fully saturated rings. The fourth-order valence-corrected chi connectivity index (χ4v) is 2.08. The molecule has 114 valence electrons. The monoisotopic (exact) mass is 285 g/mol. The van der Waals surface area contributed by atoms with Crippen molar-refractivity contribution in [2.24, 2.45) is 5.92 Å². The molecule has 3 amide bonds. The number of rotatable bonds is 4. The van der Waals surface area contributed by atoms with Gasteiger partial charge in [-0.2, -0.15) is 0 Å². The Balaban J connectivity index is 2.22. The molecule has 0 aliphatic carbocycles.